The highest BCUT2D eigenvalue weighted by molar-refractivity contribution is 5.91. The van der Waals surface area contributed by atoms with Gasteiger partial charge in [-0.3, -0.25) is 0 Å². The van der Waals surface area contributed by atoms with Crippen LogP contribution < -0.4 is 0 Å². The van der Waals surface area contributed by atoms with Crippen molar-refractivity contribution in [2.45, 2.75) is 0 Å². The van der Waals surface area contributed by atoms with Gasteiger partial charge in [-0.15, -0.1) is 0 Å². The smallest absolute Gasteiger partial charge is 0.339 e. The van der Waals surface area contributed by atoms with Crippen LogP contribution in [0.5, 0.6) is 0 Å². The molecule has 2 heterocycles. The van der Waals surface area contributed by atoms with Crippen LogP contribution in [0.1, 0.15) is 10.4 Å². The average molecular weight is 252 g/mol. The monoisotopic (exact) mass is 252 g/mol. The third-order valence-electron chi connectivity index (χ3n) is 3.01. The summed E-state index contributed by atoms with van der Waals surface area (Å²) in [6.45, 7) is 0. The van der Waals surface area contributed by atoms with Gasteiger partial charge >= 0.3 is 5.97 Å². The van der Waals surface area contributed by atoms with E-state index in [-0.39, 0.29) is 5.97 Å². The Kier molecular flexibility index (Phi) is 2.76. The molecule has 19 heavy (non-hydrogen) atoms. The van der Waals surface area contributed by atoms with Gasteiger partial charge in [-0.2, -0.15) is 0 Å². The van der Waals surface area contributed by atoms with Crippen LogP contribution in [0, 0.1) is 0 Å². The fourth-order valence-corrected chi connectivity index (χ4v) is 2.08. The van der Waals surface area contributed by atoms with Crippen LogP contribution in [-0.2, 0) is 4.74 Å². The molecule has 0 aliphatic rings. The largest absolute Gasteiger partial charge is 0.465 e. The van der Waals surface area contributed by atoms with Gasteiger partial charge in [-0.1, -0.05) is 24.3 Å². The van der Waals surface area contributed by atoms with Gasteiger partial charge in [0.05, 0.1) is 12.7 Å². The van der Waals surface area contributed by atoms with Crippen molar-refractivity contribution in [3.8, 4) is 5.82 Å². The van der Waals surface area contributed by atoms with Crippen molar-refractivity contribution in [2.24, 2.45) is 0 Å². The first-order chi connectivity index (χ1) is 9.29. The molecule has 0 saturated carbocycles. The van der Waals surface area contributed by atoms with Gasteiger partial charge in [-0.05, 0) is 17.5 Å². The number of rotatable bonds is 2. The molecule has 0 bridgehead atoms. The van der Waals surface area contributed by atoms with Gasteiger partial charge in [0.2, 0.25) is 0 Å². The van der Waals surface area contributed by atoms with Gasteiger partial charge in [0, 0.05) is 24.0 Å². The summed E-state index contributed by atoms with van der Waals surface area (Å²) in [7, 11) is 1.37. The summed E-state index contributed by atoms with van der Waals surface area (Å²) in [5.74, 6) is 0.451. The maximum atomic E-state index is 11.5. The normalized spacial score (nSPS) is 10.6. The van der Waals surface area contributed by atoms with E-state index in [9.17, 15) is 4.79 Å². The summed E-state index contributed by atoms with van der Waals surface area (Å²) < 4.78 is 6.53. The quantitative estimate of drug-likeness (QED) is 0.659. The first-order valence-corrected chi connectivity index (χ1v) is 5.90. The molecular formula is C15H12N2O2. The number of pyridine rings is 1. The minimum atomic E-state index is -0.348. The standard InChI is InChI=1S/C15H12N2O2/c1-19-15(18)12-7-9-17(10-12)14-13-5-3-2-4-11(13)6-8-16-14/h2-10H,1H3. The molecule has 0 aliphatic heterocycles. The van der Waals surface area contributed by atoms with Gasteiger partial charge < -0.3 is 9.30 Å². The molecule has 0 N–H and O–H groups in total. The number of hydrogen-bond donors (Lipinski definition) is 0. The molecule has 2 aromatic heterocycles. The number of aromatic nitrogens is 2. The molecule has 0 radical (unpaired) electrons. The van der Waals surface area contributed by atoms with E-state index in [1.165, 1.54) is 7.11 Å². The first kappa shape index (κ1) is 11.5. The van der Waals surface area contributed by atoms with Gasteiger partial charge in [0.15, 0.2) is 0 Å². The summed E-state index contributed by atoms with van der Waals surface area (Å²) in [5, 5.41) is 2.15. The number of hydrogen-bond acceptors (Lipinski definition) is 3. The highest BCUT2D eigenvalue weighted by Gasteiger charge is 2.09. The third kappa shape index (κ3) is 1.97. The van der Waals surface area contributed by atoms with E-state index in [1.54, 1.807) is 24.7 Å². The van der Waals surface area contributed by atoms with Gasteiger partial charge in [0.1, 0.15) is 5.82 Å². The van der Waals surface area contributed by atoms with E-state index in [2.05, 4.69) is 4.98 Å². The van der Waals surface area contributed by atoms with Crippen molar-refractivity contribution >= 4 is 16.7 Å². The lowest BCUT2D eigenvalue weighted by Gasteiger charge is -2.06. The second-order valence-corrected chi connectivity index (χ2v) is 4.15. The molecule has 4 nitrogen and oxygen atoms in total. The molecule has 0 unspecified atom stereocenters. The van der Waals surface area contributed by atoms with Gasteiger partial charge in [0.25, 0.3) is 0 Å². The number of carbonyl (C=O) groups is 1. The van der Waals surface area contributed by atoms with Crippen LogP contribution in [0.4, 0.5) is 0 Å². The van der Waals surface area contributed by atoms with Crippen LogP contribution in [0.3, 0.4) is 0 Å². The van der Waals surface area contributed by atoms with Crippen molar-refractivity contribution in [1.82, 2.24) is 9.55 Å². The Morgan fingerprint density at radius 1 is 1.21 bits per heavy atom. The molecule has 0 amide bonds. The molecule has 1 aromatic carbocycles. The van der Waals surface area contributed by atoms with E-state index in [0.717, 1.165) is 16.6 Å². The molecule has 0 aliphatic carbocycles. The van der Waals surface area contributed by atoms with Crippen molar-refractivity contribution in [3.05, 3.63) is 60.6 Å². The predicted molar refractivity (Wildman–Crippen MR) is 72.4 cm³/mol. The summed E-state index contributed by atoms with van der Waals surface area (Å²) >= 11 is 0. The highest BCUT2D eigenvalue weighted by atomic mass is 16.5. The Morgan fingerprint density at radius 3 is 2.89 bits per heavy atom. The minimum absolute atomic E-state index is 0.348. The molecule has 0 saturated heterocycles. The van der Waals surface area contributed by atoms with Crippen LogP contribution >= 0.6 is 0 Å². The lowest BCUT2D eigenvalue weighted by molar-refractivity contribution is 0.0601. The van der Waals surface area contributed by atoms with Crippen LogP contribution in [0.15, 0.2) is 55.0 Å². The van der Waals surface area contributed by atoms with E-state index >= 15 is 0 Å². The molecule has 0 fully saturated rings. The summed E-state index contributed by atoms with van der Waals surface area (Å²) in [4.78, 5) is 15.9. The molecule has 0 atom stereocenters. The minimum Gasteiger partial charge on any atom is -0.465 e. The third-order valence-corrected chi connectivity index (χ3v) is 3.01. The molecule has 3 aromatic rings. The Bertz CT molecular complexity index is 741. The van der Waals surface area contributed by atoms with Crippen molar-refractivity contribution < 1.29 is 9.53 Å². The molecule has 4 heteroatoms. The number of nitrogens with zero attached hydrogens (tertiary/aromatic N) is 2. The van der Waals surface area contributed by atoms with E-state index in [0.29, 0.717) is 5.56 Å². The lowest BCUT2D eigenvalue weighted by Crippen LogP contribution is -2.00. The molecule has 3 rings (SSSR count). The number of carbonyl (C=O) groups excluding carboxylic acids is 1. The number of esters is 1. The fraction of sp³-hybridized carbons (Fsp3) is 0.0667. The number of methoxy groups -OCH3 is 1. The zero-order chi connectivity index (χ0) is 13.2. The second kappa shape index (κ2) is 4.57. The lowest BCUT2D eigenvalue weighted by atomic mass is 10.1. The van der Waals surface area contributed by atoms with E-state index in [4.69, 9.17) is 4.74 Å². The number of benzene rings is 1. The second-order valence-electron chi connectivity index (χ2n) is 4.15. The molecule has 94 valence electrons. The van der Waals surface area contributed by atoms with Crippen LogP contribution in [0.25, 0.3) is 16.6 Å². The van der Waals surface area contributed by atoms with Crippen molar-refractivity contribution in [2.75, 3.05) is 7.11 Å². The zero-order valence-electron chi connectivity index (χ0n) is 10.4. The first-order valence-electron chi connectivity index (χ1n) is 5.90. The summed E-state index contributed by atoms with van der Waals surface area (Å²) in [5.41, 5.74) is 0.511. The topological polar surface area (TPSA) is 44.1 Å². The molecule has 0 spiro atoms. The Labute approximate surface area is 110 Å². The van der Waals surface area contributed by atoms with E-state index < -0.39 is 0 Å². The van der Waals surface area contributed by atoms with Crippen molar-refractivity contribution in [1.29, 1.82) is 0 Å². The van der Waals surface area contributed by atoms with E-state index in [1.807, 2.05) is 34.9 Å². The van der Waals surface area contributed by atoms with Gasteiger partial charge in [-0.25, -0.2) is 9.78 Å². The van der Waals surface area contributed by atoms with Crippen LogP contribution in [-0.4, -0.2) is 22.6 Å². The zero-order valence-corrected chi connectivity index (χ0v) is 10.4. The summed E-state index contributed by atoms with van der Waals surface area (Å²) in [6, 6.07) is 11.7. The SMILES string of the molecule is COC(=O)c1ccn(-c2nccc3ccccc23)c1. The van der Waals surface area contributed by atoms with Crippen LogP contribution in [0.2, 0.25) is 0 Å². The fourth-order valence-electron chi connectivity index (χ4n) is 2.08. The summed E-state index contributed by atoms with van der Waals surface area (Å²) in [6.07, 6.45) is 5.29. The Balaban J connectivity index is 2.14. The number of ether oxygens (including phenoxy) is 1. The highest BCUT2D eigenvalue weighted by Crippen LogP contribution is 2.20. The Morgan fingerprint density at radius 2 is 2.05 bits per heavy atom. The van der Waals surface area contributed by atoms with Crippen molar-refractivity contribution in [3.63, 3.8) is 0 Å². The average Bonchev–Trinajstić information content (AvgIpc) is 2.95. The Hall–Kier alpha value is -2.62. The predicted octanol–water partition coefficient (Wildman–Crippen LogP) is 2.81. The number of fused-ring (bicyclic) bond motifs is 1. The maximum absolute atomic E-state index is 11.5. The maximum Gasteiger partial charge on any atom is 0.339 e. The molecular weight excluding hydrogens is 240 g/mol.